The highest BCUT2D eigenvalue weighted by atomic mass is 16.5. The highest BCUT2D eigenvalue weighted by Crippen LogP contribution is 2.31. The Balaban J connectivity index is 2.11. The van der Waals surface area contributed by atoms with Crippen molar-refractivity contribution < 1.29 is 9.84 Å². The Morgan fingerprint density at radius 1 is 1.50 bits per heavy atom. The van der Waals surface area contributed by atoms with Gasteiger partial charge in [0, 0.05) is 13.7 Å². The number of rotatable bonds is 5. The molecule has 2 heteroatoms. The minimum Gasteiger partial charge on any atom is -0.393 e. The summed E-state index contributed by atoms with van der Waals surface area (Å²) in [5, 5.41) is 9.71. The summed E-state index contributed by atoms with van der Waals surface area (Å²) in [5.41, 5.74) is 0. The molecule has 2 atom stereocenters. The van der Waals surface area contributed by atoms with E-state index in [9.17, 15) is 5.11 Å². The maximum atomic E-state index is 9.71. The van der Waals surface area contributed by atoms with Gasteiger partial charge in [-0.3, -0.25) is 0 Å². The second-order valence-corrected chi connectivity index (χ2v) is 4.05. The van der Waals surface area contributed by atoms with Crippen molar-refractivity contribution in [2.45, 2.75) is 38.7 Å². The quantitative estimate of drug-likeness (QED) is 0.685. The van der Waals surface area contributed by atoms with E-state index in [0.717, 1.165) is 13.0 Å². The van der Waals surface area contributed by atoms with Crippen molar-refractivity contribution in [3.05, 3.63) is 0 Å². The Kier molecular flexibility index (Phi) is 4.02. The summed E-state index contributed by atoms with van der Waals surface area (Å²) in [7, 11) is 1.71. The molecule has 0 saturated heterocycles. The molecule has 0 aliphatic heterocycles. The van der Waals surface area contributed by atoms with E-state index in [2.05, 4.69) is 6.92 Å². The van der Waals surface area contributed by atoms with Crippen LogP contribution in [0.1, 0.15) is 32.6 Å². The second-order valence-electron chi connectivity index (χ2n) is 4.05. The van der Waals surface area contributed by atoms with E-state index in [-0.39, 0.29) is 6.10 Å². The fourth-order valence-corrected chi connectivity index (χ4v) is 1.78. The number of methoxy groups -OCH3 is 1. The lowest BCUT2D eigenvalue weighted by Gasteiger charge is -2.31. The molecule has 72 valence electrons. The Bertz CT molecular complexity index is 121. The van der Waals surface area contributed by atoms with Crippen LogP contribution < -0.4 is 0 Å². The molecule has 1 rings (SSSR count). The van der Waals surface area contributed by atoms with E-state index in [0.29, 0.717) is 11.8 Å². The van der Waals surface area contributed by atoms with Crippen LogP contribution in [0.15, 0.2) is 0 Å². The standard InChI is InChI=1S/C10H20O2/c1-8(7-12-2)6-10(11)9-4-3-5-9/h8-11H,3-7H2,1-2H3. The molecule has 1 saturated carbocycles. The second kappa shape index (κ2) is 4.83. The Hall–Kier alpha value is -0.0800. The van der Waals surface area contributed by atoms with Gasteiger partial charge in [0.1, 0.15) is 0 Å². The zero-order valence-corrected chi connectivity index (χ0v) is 8.12. The van der Waals surface area contributed by atoms with E-state index in [1.807, 2.05) is 0 Å². The summed E-state index contributed by atoms with van der Waals surface area (Å²) in [4.78, 5) is 0. The summed E-state index contributed by atoms with van der Waals surface area (Å²) in [6.45, 7) is 2.90. The lowest BCUT2D eigenvalue weighted by atomic mass is 9.78. The van der Waals surface area contributed by atoms with Crippen LogP contribution >= 0.6 is 0 Å². The van der Waals surface area contributed by atoms with Gasteiger partial charge in [-0.1, -0.05) is 13.3 Å². The third-order valence-electron chi connectivity index (χ3n) is 2.79. The van der Waals surface area contributed by atoms with Crippen LogP contribution in [0.2, 0.25) is 0 Å². The first kappa shape index (κ1) is 10.0. The van der Waals surface area contributed by atoms with Gasteiger partial charge in [0.05, 0.1) is 6.10 Å². The van der Waals surface area contributed by atoms with Crippen LogP contribution in [-0.2, 0) is 4.74 Å². The average Bonchev–Trinajstić information content (AvgIpc) is 1.82. The van der Waals surface area contributed by atoms with Gasteiger partial charge < -0.3 is 9.84 Å². The van der Waals surface area contributed by atoms with Gasteiger partial charge in [-0.15, -0.1) is 0 Å². The lowest BCUT2D eigenvalue weighted by molar-refractivity contribution is 0.0314. The van der Waals surface area contributed by atoms with Crippen molar-refractivity contribution in [3.63, 3.8) is 0 Å². The topological polar surface area (TPSA) is 29.5 Å². The predicted octanol–water partition coefficient (Wildman–Crippen LogP) is 1.82. The first-order valence-corrected chi connectivity index (χ1v) is 4.91. The first-order chi connectivity index (χ1) is 5.74. The molecular formula is C10H20O2. The summed E-state index contributed by atoms with van der Waals surface area (Å²) in [6, 6.07) is 0. The maximum Gasteiger partial charge on any atom is 0.0571 e. The molecule has 0 aromatic heterocycles. The highest BCUT2D eigenvalue weighted by molar-refractivity contribution is 4.78. The molecular weight excluding hydrogens is 152 g/mol. The van der Waals surface area contributed by atoms with Crippen LogP contribution in [0.3, 0.4) is 0 Å². The van der Waals surface area contributed by atoms with Crippen LogP contribution in [0, 0.1) is 11.8 Å². The number of aliphatic hydroxyl groups excluding tert-OH is 1. The van der Waals surface area contributed by atoms with Gasteiger partial charge in [0.15, 0.2) is 0 Å². The van der Waals surface area contributed by atoms with E-state index in [4.69, 9.17) is 4.74 Å². The molecule has 0 spiro atoms. The Morgan fingerprint density at radius 3 is 2.58 bits per heavy atom. The van der Waals surface area contributed by atoms with Crippen molar-refractivity contribution in [2.75, 3.05) is 13.7 Å². The van der Waals surface area contributed by atoms with Gasteiger partial charge >= 0.3 is 0 Å². The van der Waals surface area contributed by atoms with Crippen molar-refractivity contribution in [3.8, 4) is 0 Å². The number of aliphatic hydroxyl groups is 1. The summed E-state index contributed by atoms with van der Waals surface area (Å²) in [5.74, 6) is 1.08. The largest absolute Gasteiger partial charge is 0.393 e. The predicted molar refractivity (Wildman–Crippen MR) is 49.0 cm³/mol. The van der Waals surface area contributed by atoms with Crippen LogP contribution in [0.25, 0.3) is 0 Å². The molecule has 12 heavy (non-hydrogen) atoms. The van der Waals surface area contributed by atoms with Crippen LogP contribution in [-0.4, -0.2) is 24.9 Å². The smallest absolute Gasteiger partial charge is 0.0571 e. The summed E-state index contributed by atoms with van der Waals surface area (Å²) in [6.07, 6.45) is 4.57. The molecule has 0 aromatic rings. The molecule has 0 heterocycles. The minimum absolute atomic E-state index is 0.0797. The fraction of sp³-hybridized carbons (Fsp3) is 1.00. The Labute approximate surface area is 74.9 Å². The third-order valence-corrected chi connectivity index (χ3v) is 2.79. The fourth-order valence-electron chi connectivity index (χ4n) is 1.78. The van der Waals surface area contributed by atoms with E-state index >= 15 is 0 Å². The summed E-state index contributed by atoms with van der Waals surface area (Å²) < 4.78 is 5.02. The molecule has 2 unspecified atom stereocenters. The average molecular weight is 172 g/mol. The van der Waals surface area contributed by atoms with Crippen molar-refractivity contribution >= 4 is 0 Å². The molecule has 0 aromatic carbocycles. The monoisotopic (exact) mass is 172 g/mol. The van der Waals surface area contributed by atoms with E-state index < -0.39 is 0 Å². The zero-order valence-electron chi connectivity index (χ0n) is 8.12. The molecule has 0 radical (unpaired) electrons. The van der Waals surface area contributed by atoms with Crippen molar-refractivity contribution in [1.82, 2.24) is 0 Å². The summed E-state index contributed by atoms with van der Waals surface area (Å²) >= 11 is 0. The molecule has 0 amide bonds. The molecule has 0 bridgehead atoms. The van der Waals surface area contributed by atoms with E-state index in [1.165, 1.54) is 19.3 Å². The number of hydrogen-bond acceptors (Lipinski definition) is 2. The number of ether oxygens (including phenoxy) is 1. The minimum atomic E-state index is -0.0797. The van der Waals surface area contributed by atoms with Crippen LogP contribution in [0.4, 0.5) is 0 Å². The third kappa shape index (κ3) is 2.76. The number of hydrogen-bond donors (Lipinski definition) is 1. The van der Waals surface area contributed by atoms with Gasteiger partial charge in [0.25, 0.3) is 0 Å². The molecule has 1 aliphatic rings. The molecule has 1 N–H and O–H groups in total. The van der Waals surface area contributed by atoms with Crippen molar-refractivity contribution in [2.24, 2.45) is 11.8 Å². The molecule has 1 aliphatic carbocycles. The molecule has 2 nitrogen and oxygen atoms in total. The molecule has 1 fully saturated rings. The Morgan fingerprint density at radius 2 is 2.17 bits per heavy atom. The van der Waals surface area contributed by atoms with Crippen molar-refractivity contribution in [1.29, 1.82) is 0 Å². The zero-order chi connectivity index (χ0) is 8.97. The highest BCUT2D eigenvalue weighted by Gasteiger charge is 2.26. The van der Waals surface area contributed by atoms with Crippen LogP contribution in [0.5, 0.6) is 0 Å². The first-order valence-electron chi connectivity index (χ1n) is 4.91. The van der Waals surface area contributed by atoms with Gasteiger partial charge in [-0.05, 0) is 31.1 Å². The lowest BCUT2D eigenvalue weighted by Crippen LogP contribution is -2.29. The SMILES string of the molecule is COCC(C)CC(O)C1CCC1. The van der Waals surface area contributed by atoms with E-state index in [1.54, 1.807) is 7.11 Å². The van der Waals surface area contributed by atoms with Gasteiger partial charge in [-0.25, -0.2) is 0 Å². The normalized spacial score (nSPS) is 23.2. The van der Waals surface area contributed by atoms with Gasteiger partial charge in [-0.2, -0.15) is 0 Å². The maximum absolute atomic E-state index is 9.71. The van der Waals surface area contributed by atoms with Gasteiger partial charge in [0.2, 0.25) is 0 Å².